The Kier molecular flexibility index (Phi) is 5.93. The summed E-state index contributed by atoms with van der Waals surface area (Å²) in [6, 6.07) is 13.3. The third-order valence-electron chi connectivity index (χ3n) is 4.96. The van der Waals surface area contributed by atoms with Gasteiger partial charge in [-0.3, -0.25) is 19.1 Å². The van der Waals surface area contributed by atoms with Gasteiger partial charge in [-0.15, -0.1) is 0 Å². The Morgan fingerprint density at radius 1 is 1.26 bits per heavy atom. The molecular weight excluding hydrogens is 478 g/mol. The van der Waals surface area contributed by atoms with Gasteiger partial charge in [0.15, 0.2) is 0 Å². The highest BCUT2D eigenvalue weighted by Gasteiger charge is 2.18. The molecular formula is C23H20BrN3O3S. The lowest BCUT2D eigenvalue weighted by Gasteiger charge is -2.09. The lowest BCUT2D eigenvalue weighted by molar-refractivity contribution is -0.116. The zero-order valence-electron chi connectivity index (χ0n) is 16.9. The van der Waals surface area contributed by atoms with Crippen molar-refractivity contribution in [2.75, 3.05) is 5.32 Å². The maximum atomic E-state index is 12.4. The van der Waals surface area contributed by atoms with Crippen LogP contribution in [-0.4, -0.2) is 21.8 Å². The zero-order chi connectivity index (χ0) is 22.1. The predicted molar refractivity (Wildman–Crippen MR) is 130 cm³/mol. The first kappa shape index (κ1) is 21.3. The first-order chi connectivity index (χ1) is 14.8. The number of benzene rings is 2. The van der Waals surface area contributed by atoms with Crippen molar-refractivity contribution in [1.82, 2.24) is 4.57 Å². The standard InChI is InChI=1S/C23H20BrN3O3S/c1-13(2)14-3-6-17(7-4-14)26-21(28)12-27-22(29)20(31-23(27)30)9-15-11-25-19-8-5-16(24)10-18(15)19/h3-11,13,29H,12H2,1-2H3,(H,26,28). The van der Waals surface area contributed by atoms with Crippen LogP contribution in [0.3, 0.4) is 0 Å². The number of allylic oxidation sites excluding steroid dienone is 1. The minimum atomic E-state index is -0.404. The van der Waals surface area contributed by atoms with Crippen molar-refractivity contribution in [2.24, 2.45) is 4.99 Å². The van der Waals surface area contributed by atoms with Gasteiger partial charge in [0.25, 0.3) is 0 Å². The van der Waals surface area contributed by atoms with Crippen LogP contribution in [0.4, 0.5) is 11.4 Å². The van der Waals surface area contributed by atoms with Crippen LogP contribution in [0, 0.1) is 0 Å². The molecule has 1 aliphatic heterocycles. The Morgan fingerprint density at radius 2 is 2.00 bits per heavy atom. The number of hydrogen-bond donors (Lipinski definition) is 2. The van der Waals surface area contributed by atoms with Crippen LogP contribution in [0.25, 0.3) is 11.6 Å². The minimum absolute atomic E-state index is 0.232. The third-order valence-corrected chi connectivity index (χ3v) is 6.36. The molecule has 1 amide bonds. The second-order valence-electron chi connectivity index (χ2n) is 7.49. The van der Waals surface area contributed by atoms with Gasteiger partial charge in [0, 0.05) is 27.5 Å². The molecule has 158 valence electrons. The maximum absolute atomic E-state index is 12.4. The maximum Gasteiger partial charge on any atom is 0.311 e. The smallest absolute Gasteiger partial charge is 0.311 e. The zero-order valence-corrected chi connectivity index (χ0v) is 19.3. The number of carbonyl (C=O) groups is 1. The van der Waals surface area contributed by atoms with Crippen molar-refractivity contribution in [2.45, 2.75) is 26.3 Å². The van der Waals surface area contributed by atoms with Gasteiger partial charge in [0.05, 0.1) is 10.6 Å². The fourth-order valence-corrected chi connectivity index (χ4v) is 4.46. The van der Waals surface area contributed by atoms with Crippen LogP contribution in [0.1, 0.15) is 35.8 Å². The number of amides is 1. The van der Waals surface area contributed by atoms with Crippen molar-refractivity contribution in [3.05, 3.63) is 72.6 Å². The lowest BCUT2D eigenvalue weighted by atomic mass is 10.0. The Morgan fingerprint density at radius 3 is 2.71 bits per heavy atom. The molecule has 0 saturated heterocycles. The first-order valence-electron chi connectivity index (χ1n) is 9.70. The summed E-state index contributed by atoms with van der Waals surface area (Å²) in [7, 11) is 0. The number of nitrogens with one attached hydrogen (secondary N) is 1. The van der Waals surface area contributed by atoms with Crippen LogP contribution in [0.2, 0.25) is 0 Å². The number of carbonyl (C=O) groups excluding carboxylic acids is 1. The number of aromatic nitrogens is 1. The summed E-state index contributed by atoms with van der Waals surface area (Å²) in [5.74, 6) is -0.218. The van der Waals surface area contributed by atoms with Crippen LogP contribution in [0.15, 0.2) is 56.7 Å². The quantitative estimate of drug-likeness (QED) is 0.495. The number of aliphatic imine (C=N–C) groups is 1. The van der Waals surface area contributed by atoms with E-state index in [9.17, 15) is 14.7 Å². The van der Waals surface area contributed by atoms with Gasteiger partial charge in [-0.1, -0.05) is 53.2 Å². The van der Waals surface area contributed by atoms with Crippen molar-refractivity contribution < 1.29 is 9.90 Å². The molecule has 3 aromatic rings. The molecule has 2 heterocycles. The lowest BCUT2D eigenvalue weighted by Crippen LogP contribution is -2.24. The van der Waals surface area contributed by atoms with E-state index in [4.69, 9.17) is 0 Å². The molecule has 0 fully saturated rings. The number of hydrogen-bond acceptors (Lipinski definition) is 5. The second kappa shape index (κ2) is 8.64. The van der Waals surface area contributed by atoms with Crippen LogP contribution < -0.4 is 10.2 Å². The van der Waals surface area contributed by atoms with Crippen LogP contribution >= 0.6 is 27.3 Å². The van der Waals surface area contributed by atoms with Gasteiger partial charge in [0.2, 0.25) is 11.8 Å². The summed E-state index contributed by atoms with van der Waals surface area (Å²) >= 11 is 4.33. The Bertz CT molecular complexity index is 1270. The van der Waals surface area contributed by atoms with Crippen molar-refractivity contribution >= 4 is 62.4 Å². The van der Waals surface area contributed by atoms with E-state index in [0.29, 0.717) is 16.5 Å². The molecule has 0 spiro atoms. The predicted octanol–water partition coefficient (Wildman–Crippen LogP) is 5.40. The SMILES string of the molecule is CC(C)c1ccc(NC(=O)Cn2c(O)c(C=C3C=Nc4ccc(Br)cc43)sc2=O)cc1. The number of anilines is 1. The monoisotopic (exact) mass is 497 g/mol. The summed E-state index contributed by atoms with van der Waals surface area (Å²) in [4.78, 5) is 29.2. The molecule has 0 unspecified atom stereocenters. The van der Waals surface area contributed by atoms with E-state index in [2.05, 4.69) is 40.1 Å². The van der Waals surface area contributed by atoms with E-state index in [1.54, 1.807) is 12.3 Å². The number of aromatic hydroxyl groups is 1. The molecule has 6 nitrogen and oxygen atoms in total. The summed E-state index contributed by atoms with van der Waals surface area (Å²) in [5.41, 5.74) is 4.33. The van der Waals surface area contributed by atoms with E-state index >= 15 is 0 Å². The third kappa shape index (κ3) is 4.55. The van der Waals surface area contributed by atoms with Crippen molar-refractivity contribution in [3.63, 3.8) is 0 Å². The molecule has 8 heteroatoms. The van der Waals surface area contributed by atoms with Gasteiger partial charge in [0.1, 0.15) is 6.54 Å². The molecule has 2 aromatic carbocycles. The summed E-state index contributed by atoms with van der Waals surface area (Å²) in [6.07, 6.45) is 3.40. The van der Waals surface area contributed by atoms with E-state index in [1.807, 2.05) is 42.5 Å². The van der Waals surface area contributed by atoms with Gasteiger partial charge in [-0.05, 0) is 47.9 Å². The number of nitrogens with zero attached hydrogens (tertiary/aromatic N) is 2. The van der Waals surface area contributed by atoms with E-state index < -0.39 is 4.87 Å². The second-order valence-corrected chi connectivity index (χ2v) is 9.40. The fraction of sp³-hybridized carbons (Fsp3) is 0.174. The Balaban J connectivity index is 1.53. The minimum Gasteiger partial charge on any atom is -0.493 e. The summed E-state index contributed by atoms with van der Waals surface area (Å²) in [6.45, 7) is 3.93. The highest BCUT2D eigenvalue weighted by Crippen LogP contribution is 2.36. The molecule has 0 aliphatic carbocycles. The summed E-state index contributed by atoms with van der Waals surface area (Å²) in [5, 5.41) is 13.3. The molecule has 0 radical (unpaired) electrons. The van der Waals surface area contributed by atoms with E-state index in [1.165, 1.54) is 5.56 Å². The molecule has 0 atom stereocenters. The Labute approximate surface area is 191 Å². The van der Waals surface area contributed by atoms with Gasteiger partial charge in [-0.2, -0.15) is 0 Å². The van der Waals surface area contributed by atoms with Gasteiger partial charge < -0.3 is 10.4 Å². The van der Waals surface area contributed by atoms with Crippen LogP contribution in [0.5, 0.6) is 5.88 Å². The van der Waals surface area contributed by atoms with E-state index in [0.717, 1.165) is 37.2 Å². The molecule has 1 aliphatic rings. The highest BCUT2D eigenvalue weighted by atomic mass is 79.9. The number of thiazole rings is 1. The van der Waals surface area contributed by atoms with Crippen molar-refractivity contribution in [1.29, 1.82) is 0 Å². The average Bonchev–Trinajstić information content (AvgIpc) is 3.24. The molecule has 31 heavy (non-hydrogen) atoms. The Hall–Kier alpha value is -2.97. The molecule has 1 aromatic heterocycles. The topological polar surface area (TPSA) is 83.7 Å². The molecule has 0 bridgehead atoms. The molecule has 4 rings (SSSR count). The normalized spacial score (nSPS) is 13.7. The molecule has 2 N–H and O–H groups in total. The molecule has 0 saturated carbocycles. The van der Waals surface area contributed by atoms with E-state index in [-0.39, 0.29) is 18.3 Å². The van der Waals surface area contributed by atoms with Gasteiger partial charge in [-0.25, -0.2) is 0 Å². The number of halogens is 1. The first-order valence-corrected chi connectivity index (χ1v) is 11.3. The average molecular weight is 498 g/mol. The van der Waals surface area contributed by atoms with Gasteiger partial charge >= 0.3 is 4.87 Å². The number of rotatable bonds is 5. The van der Waals surface area contributed by atoms with Crippen molar-refractivity contribution in [3.8, 4) is 5.88 Å². The summed E-state index contributed by atoms with van der Waals surface area (Å²) < 4.78 is 1.98. The fourth-order valence-electron chi connectivity index (χ4n) is 3.26. The van der Waals surface area contributed by atoms with Crippen LogP contribution in [-0.2, 0) is 11.3 Å². The highest BCUT2D eigenvalue weighted by molar-refractivity contribution is 9.10. The number of fused-ring (bicyclic) bond motifs is 1. The largest absolute Gasteiger partial charge is 0.493 e.